The fourth-order valence-corrected chi connectivity index (χ4v) is 6.92. The molecule has 0 radical (unpaired) electrons. The molecule has 4 aliphatic carbocycles. The van der Waals surface area contributed by atoms with Crippen LogP contribution in [0.4, 0.5) is 0 Å². The Bertz CT molecular complexity index is 475. The minimum atomic E-state index is 0.635. The molecule has 0 saturated heterocycles. The van der Waals surface area contributed by atoms with Crippen molar-refractivity contribution in [3.05, 3.63) is 21.4 Å². The molecular formula is C19H29NS. The molecule has 2 heteroatoms. The van der Waals surface area contributed by atoms with Gasteiger partial charge in [0, 0.05) is 22.3 Å². The Hall–Kier alpha value is -0.340. The number of thiophene rings is 1. The van der Waals surface area contributed by atoms with Crippen molar-refractivity contribution >= 4 is 11.3 Å². The highest BCUT2D eigenvalue weighted by atomic mass is 32.1. The van der Waals surface area contributed by atoms with Crippen LogP contribution < -0.4 is 5.32 Å². The number of hydrogen-bond acceptors (Lipinski definition) is 2. The topological polar surface area (TPSA) is 12.0 Å². The maximum atomic E-state index is 3.91. The van der Waals surface area contributed by atoms with Crippen LogP contribution >= 0.6 is 11.3 Å². The number of rotatable bonds is 4. The molecular weight excluding hydrogens is 274 g/mol. The van der Waals surface area contributed by atoms with Crippen molar-refractivity contribution in [1.29, 1.82) is 0 Å². The van der Waals surface area contributed by atoms with Gasteiger partial charge in [-0.1, -0.05) is 0 Å². The minimum absolute atomic E-state index is 0.635. The highest BCUT2D eigenvalue weighted by molar-refractivity contribution is 7.12. The lowest BCUT2D eigenvalue weighted by molar-refractivity contribution is -0.0706. The lowest BCUT2D eigenvalue weighted by Gasteiger charge is -2.59. The van der Waals surface area contributed by atoms with Crippen molar-refractivity contribution < 1.29 is 0 Å². The van der Waals surface area contributed by atoms with Crippen molar-refractivity contribution in [2.75, 3.05) is 0 Å². The molecule has 0 amide bonds. The largest absolute Gasteiger partial charge is 0.309 e. The molecule has 1 heterocycles. The van der Waals surface area contributed by atoms with Crippen LogP contribution in [0.15, 0.2) is 6.07 Å². The monoisotopic (exact) mass is 303 g/mol. The minimum Gasteiger partial charge on any atom is -0.309 e. The van der Waals surface area contributed by atoms with Gasteiger partial charge in [-0.05, 0) is 94.1 Å². The Labute approximate surface area is 133 Å². The summed E-state index contributed by atoms with van der Waals surface area (Å²) in [6, 6.07) is 3.06. The average Bonchev–Trinajstić information content (AvgIpc) is 2.73. The summed E-state index contributed by atoms with van der Waals surface area (Å²) >= 11 is 1.97. The van der Waals surface area contributed by atoms with Gasteiger partial charge >= 0.3 is 0 Å². The summed E-state index contributed by atoms with van der Waals surface area (Å²) in [5.74, 6) is 3.19. The summed E-state index contributed by atoms with van der Waals surface area (Å²) < 4.78 is 0. The number of hydrogen-bond donors (Lipinski definition) is 1. The maximum Gasteiger partial charge on any atom is 0.0302 e. The highest BCUT2D eigenvalue weighted by Gasteiger charge is 2.52. The Morgan fingerprint density at radius 1 is 1.14 bits per heavy atom. The van der Waals surface area contributed by atoms with E-state index in [9.17, 15) is 0 Å². The van der Waals surface area contributed by atoms with Crippen LogP contribution in [0.2, 0.25) is 0 Å². The van der Waals surface area contributed by atoms with Gasteiger partial charge in [-0.25, -0.2) is 0 Å². The van der Waals surface area contributed by atoms with Gasteiger partial charge < -0.3 is 5.32 Å². The Kier molecular flexibility index (Phi) is 3.46. The van der Waals surface area contributed by atoms with E-state index < -0.39 is 0 Å². The molecule has 1 atom stereocenters. The van der Waals surface area contributed by atoms with Crippen LogP contribution in [0.5, 0.6) is 0 Å². The second kappa shape index (κ2) is 5.09. The standard InChI is InChI=1S/C19H29NS/c1-12-4-18(21-13(12)2)11-20-14(3)19-8-15-5-16(9-19)7-17(6-15)10-19/h4,14-17,20H,5-11H2,1-3H3. The summed E-state index contributed by atoms with van der Waals surface area (Å²) in [6.07, 6.45) is 9.18. The third-order valence-electron chi connectivity index (χ3n) is 6.80. The average molecular weight is 304 g/mol. The van der Waals surface area contributed by atoms with Gasteiger partial charge in [0.15, 0.2) is 0 Å². The zero-order chi connectivity index (χ0) is 14.6. The zero-order valence-electron chi connectivity index (χ0n) is 13.7. The third kappa shape index (κ3) is 2.49. The third-order valence-corrected chi connectivity index (χ3v) is 7.96. The first-order chi connectivity index (χ1) is 10.0. The lowest BCUT2D eigenvalue weighted by Crippen LogP contribution is -2.54. The quantitative estimate of drug-likeness (QED) is 0.820. The SMILES string of the molecule is Cc1cc(CNC(C)C23CC4CC(CC(C4)C2)C3)sc1C. The van der Waals surface area contributed by atoms with Crippen molar-refractivity contribution in [3.8, 4) is 0 Å². The molecule has 1 aromatic rings. The fraction of sp³-hybridized carbons (Fsp3) is 0.789. The highest BCUT2D eigenvalue weighted by Crippen LogP contribution is 2.61. The van der Waals surface area contributed by atoms with Crippen molar-refractivity contribution in [3.63, 3.8) is 0 Å². The summed E-state index contributed by atoms with van der Waals surface area (Å²) in [7, 11) is 0. The number of nitrogens with one attached hydrogen (secondary N) is 1. The van der Waals surface area contributed by atoms with E-state index in [1.54, 1.807) is 19.3 Å². The first kappa shape index (κ1) is 14.3. The van der Waals surface area contributed by atoms with Crippen LogP contribution in [-0.4, -0.2) is 6.04 Å². The molecule has 0 aromatic carbocycles. The van der Waals surface area contributed by atoms with Crippen LogP contribution in [0.3, 0.4) is 0 Å². The molecule has 1 aromatic heterocycles. The van der Waals surface area contributed by atoms with Gasteiger partial charge in [0.2, 0.25) is 0 Å². The molecule has 4 bridgehead atoms. The van der Waals surface area contributed by atoms with E-state index in [1.165, 1.54) is 34.6 Å². The predicted octanol–water partition coefficient (Wildman–Crippen LogP) is 5.06. The molecule has 5 rings (SSSR count). The molecule has 4 fully saturated rings. The van der Waals surface area contributed by atoms with Crippen molar-refractivity contribution in [2.45, 2.75) is 71.9 Å². The van der Waals surface area contributed by atoms with Gasteiger partial charge in [0.05, 0.1) is 0 Å². The van der Waals surface area contributed by atoms with Gasteiger partial charge in [0.1, 0.15) is 0 Å². The van der Waals surface area contributed by atoms with E-state index in [-0.39, 0.29) is 0 Å². The van der Waals surface area contributed by atoms with E-state index in [1.807, 2.05) is 11.3 Å². The second-order valence-corrected chi connectivity index (χ2v) is 9.68. The van der Waals surface area contributed by atoms with Crippen LogP contribution in [0.1, 0.15) is 60.8 Å². The van der Waals surface area contributed by atoms with Gasteiger partial charge in [-0.15, -0.1) is 11.3 Å². The maximum absolute atomic E-state index is 3.91. The van der Waals surface area contributed by atoms with E-state index >= 15 is 0 Å². The van der Waals surface area contributed by atoms with Crippen LogP contribution in [0, 0.1) is 37.0 Å². The van der Waals surface area contributed by atoms with E-state index in [0.717, 1.165) is 24.3 Å². The molecule has 116 valence electrons. The smallest absolute Gasteiger partial charge is 0.0302 e. The molecule has 1 nitrogen and oxygen atoms in total. The molecule has 21 heavy (non-hydrogen) atoms. The van der Waals surface area contributed by atoms with Crippen LogP contribution in [-0.2, 0) is 6.54 Å². The molecule has 0 spiro atoms. The predicted molar refractivity (Wildman–Crippen MR) is 90.7 cm³/mol. The van der Waals surface area contributed by atoms with Crippen molar-refractivity contribution in [2.24, 2.45) is 23.2 Å². The number of aryl methyl sites for hydroxylation is 2. The van der Waals surface area contributed by atoms with E-state index in [2.05, 4.69) is 32.2 Å². The van der Waals surface area contributed by atoms with Gasteiger partial charge in [-0.3, -0.25) is 0 Å². The second-order valence-electron chi connectivity index (χ2n) is 8.33. The molecule has 4 aliphatic rings. The Balaban J connectivity index is 1.44. The summed E-state index contributed by atoms with van der Waals surface area (Å²) in [6.45, 7) is 8.02. The first-order valence-corrected chi connectivity index (χ1v) is 9.65. The summed E-state index contributed by atoms with van der Waals surface area (Å²) in [4.78, 5) is 3.00. The van der Waals surface area contributed by atoms with E-state index in [0.29, 0.717) is 11.5 Å². The van der Waals surface area contributed by atoms with Gasteiger partial charge in [0.25, 0.3) is 0 Å². The van der Waals surface area contributed by atoms with Crippen LogP contribution in [0.25, 0.3) is 0 Å². The Morgan fingerprint density at radius 2 is 1.71 bits per heavy atom. The van der Waals surface area contributed by atoms with Gasteiger partial charge in [-0.2, -0.15) is 0 Å². The Morgan fingerprint density at radius 3 is 2.19 bits per heavy atom. The molecule has 1 N–H and O–H groups in total. The summed E-state index contributed by atoms with van der Waals surface area (Å²) in [5, 5.41) is 3.91. The molecule has 0 aliphatic heterocycles. The van der Waals surface area contributed by atoms with Crippen molar-refractivity contribution in [1.82, 2.24) is 5.32 Å². The molecule has 4 saturated carbocycles. The zero-order valence-corrected chi connectivity index (χ0v) is 14.6. The lowest BCUT2D eigenvalue weighted by atomic mass is 9.48. The summed E-state index contributed by atoms with van der Waals surface area (Å²) in [5.41, 5.74) is 2.09. The first-order valence-electron chi connectivity index (χ1n) is 8.83. The van der Waals surface area contributed by atoms with E-state index in [4.69, 9.17) is 0 Å². The fourth-order valence-electron chi connectivity index (χ4n) is 5.91. The molecule has 1 unspecified atom stereocenters. The normalized spacial score (nSPS) is 38.9.